The second-order valence-electron chi connectivity index (χ2n) is 4.75. The van der Waals surface area contributed by atoms with Crippen molar-refractivity contribution in [2.24, 2.45) is 5.73 Å². The number of likely N-dealkylation sites (N-methyl/N-ethyl adjacent to an activating group) is 1. The van der Waals surface area contributed by atoms with E-state index in [0.29, 0.717) is 6.54 Å². The summed E-state index contributed by atoms with van der Waals surface area (Å²) in [4.78, 5) is 13.9. The molecule has 0 rings (SSSR count). The van der Waals surface area contributed by atoms with Crippen molar-refractivity contribution in [2.75, 3.05) is 38.2 Å². The highest BCUT2D eigenvalue weighted by Gasteiger charge is 2.15. The number of nitrogens with one attached hydrogen (secondary N) is 1. The van der Waals surface area contributed by atoms with Crippen LogP contribution in [0, 0.1) is 0 Å². The molecule has 0 aromatic rings. The normalized spacial score (nSPS) is 13.5. The van der Waals surface area contributed by atoms with Gasteiger partial charge in [0.15, 0.2) is 0 Å². The Kier molecular flexibility index (Phi) is 8.95. The number of rotatable bonds is 10. The van der Waals surface area contributed by atoms with Crippen molar-refractivity contribution >= 4 is 15.7 Å². The zero-order chi connectivity index (χ0) is 14.9. The van der Waals surface area contributed by atoms with Crippen molar-refractivity contribution in [3.63, 3.8) is 0 Å². The fourth-order valence-corrected chi connectivity index (χ4v) is 2.37. The second kappa shape index (κ2) is 9.28. The molecule has 0 saturated heterocycles. The first kappa shape index (κ1) is 18.3. The Hall–Kier alpha value is -0.660. The molecule has 114 valence electrons. The third-order valence-electron chi connectivity index (χ3n) is 2.85. The molecule has 0 radical (unpaired) electrons. The van der Waals surface area contributed by atoms with Crippen LogP contribution >= 0.6 is 0 Å². The van der Waals surface area contributed by atoms with Gasteiger partial charge in [-0.25, -0.2) is 8.42 Å². The zero-order valence-electron chi connectivity index (χ0n) is 12.2. The van der Waals surface area contributed by atoms with Gasteiger partial charge in [-0.15, -0.1) is 0 Å². The molecule has 1 amide bonds. The van der Waals surface area contributed by atoms with Crippen LogP contribution in [0.4, 0.5) is 0 Å². The predicted molar refractivity (Wildman–Crippen MR) is 77.7 cm³/mol. The van der Waals surface area contributed by atoms with E-state index in [2.05, 4.69) is 24.1 Å². The number of hydrogen-bond acceptors (Lipinski definition) is 5. The molecule has 6 nitrogen and oxygen atoms in total. The van der Waals surface area contributed by atoms with Crippen LogP contribution < -0.4 is 11.1 Å². The maximum absolute atomic E-state index is 11.6. The van der Waals surface area contributed by atoms with Gasteiger partial charge < -0.3 is 16.0 Å². The minimum absolute atomic E-state index is 0.0570. The van der Waals surface area contributed by atoms with Crippen LogP contribution in [0.15, 0.2) is 0 Å². The zero-order valence-corrected chi connectivity index (χ0v) is 13.0. The Morgan fingerprint density at radius 2 is 1.95 bits per heavy atom. The molecule has 0 aromatic carbocycles. The first-order valence-electron chi connectivity index (χ1n) is 6.73. The third-order valence-corrected chi connectivity index (χ3v) is 3.83. The lowest BCUT2D eigenvalue weighted by atomic mass is 10.2. The molecule has 0 aliphatic carbocycles. The van der Waals surface area contributed by atoms with Gasteiger partial charge in [-0.3, -0.25) is 4.79 Å². The third kappa shape index (κ3) is 9.86. The molecule has 0 bridgehead atoms. The Labute approximate surface area is 116 Å². The molecule has 0 aliphatic rings. The Bertz CT molecular complexity index is 357. The van der Waals surface area contributed by atoms with E-state index in [1.807, 2.05) is 0 Å². The lowest BCUT2D eigenvalue weighted by Crippen LogP contribution is -2.44. The largest absolute Gasteiger partial charge is 0.353 e. The van der Waals surface area contributed by atoms with E-state index in [-0.39, 0.29) is 18.1 Å². The average molecular weight is 293 g/mol. The van der Waals surface area contributed by atoms with Crippen LogP contribution in [-0.4, -0.2) is 63.5 Å². The van der Waals surface area contributed by atoms with E-state index in [0.717, 1.165) is 32.3 Å². The summed E-state index contributed by atoms with van der Waals surface area (Å²) in [5, 5.41) is 2.74. The fraction of sp³-hybridized carbons (Fsp3) is 0.917. The first-order chi connectivity index (χ1) is 8.80. The monoisotopic (exact) mass is 293 g/mol. The van der Waals surface area contributed by atoms with E-state index >= 15 is 0 Å². The van der Waals surface area contributed by atoms with Gasteiger partial charge in [0.1, 0.15) is 9.84 Å². The summed E-state index contributed by atoms with van der Waals surface area (Å²) in [5.74, 6) is -0.338. The van der Waals surface area contributed by atoms with Crippen LogP contribution in [-0.2, 0) is 14.6 Å². The standard InChI is InChI=1S/C12H27N3O3S/c1-4-8-15(5-2)9-7-14-12(16)11(13)6-10-19(3,17)18/h11H,4-10,13H2,1-3H3,(H,14,16). The van der Waals surface area contributed by atoms with E-state index < -0.39 is 15.9 Å². The lowest BCUT2D eigenvalue weighted by Gasteiger charge is -2.20. The van der Waals surface area contributed by atoms with Crippen LogP contribution in [0.2, 0.25) is 0 Å². The summed E-state index contributed by atoms with van der Waals surface area (Å²) < 4.78 is 22.0. The molecule has 0 fully saturated rings. The minimum atomic E-state index is -3.07. The van der Waals surface area contributed by atoms with Crippen molar-refractivity contribution < 1.29 is 13.2 Å². The molecule has 0 aromatic heterocycles. The van der Waals surface area contributed by atoms with Gasteiger partial charge >= 0.3 is 0 Å². The van der Waals surface area contributed by atoms with E-state index in [9.17, 15) is 13.2 Å². The maximum atomic E-state index is 11.6. The van der Waals surface area contributed by atoms with Gasteiger partial charge in [-0.1, -0.05) is 13.8 Å². The number of hydrogen-bond donors (Lipinski definition) is 2. The highest BCUT2D eigenvalue weighted by Crippen LogP contribution is 1.94. The molecule has 1 atom stereocenters. The van der Waals surface area contributed by atoms with Gasteiger partial charge in [-0.05, 0) is 25.9 Å². The van der Waals surface area contributed by atoms with Crippen LogP contribution in [0.1, 0.15) is 26.7 Å². The molecule has 7 heteroatoms. The minimum Gasteiger partial charge on any atom is -0.353 e. The summed E-state index contributed by atoms with van der Waals surface area (Å²) in [6.45, 7) is 7.47. The van der Waals surface area contributed by atoms with Gasteiger partial charge in [0.05, 0.1) is 11.8 Å². The van der Waals surface area contributed by atoms with Gasteiger partial charge in [0.25, 0.3) is 0 Å². The van der Waals surface area contributed by atoms with Crippen molar-refractivity contribution in [1.29, 1.82) is 0 Å². The highest BCUT2D eigenvalue weighted by atomic mass is 32.2. The number of carbonyl (C=O) groups is 1. The van der Waals surface area contributed by atoms with E-state index in [1.54, 1.807) is 0 Å². The molecule has 19 heavy (non-hydrogen) atoms. The Morgan fingerprint density at radius 1 is 1.32 bits per heavy atom. The molecule has 1 unspecified atom stereocenters. The Balaban J connectivity index is 3.90. The van der Waals surface area contributed by atoms with Gasteiger partial charge in [-0.2, -0.15) is 0 Å². The molecule has 3 N–H and O–H groups in total. The smallest absolute Gasteiger partial charge is 0.236 e. The second-order valence-corrected chi connectivity index (χ2v) is 7.01. The van der Waals surface area contributed by atoms with Crippen molar-refractivity contribution in [3.05, 3.63) is 0 Å². The number of amides is 1. The molecule has 0 aliphatic heterocycles. The maximum Gasteiger partial charge on any atom is 0.236 e. The summed E-state index contributed by atoms with van der Waals surface area (Å²) >= 11 is 0. The van der Waals surface area contributed by atoms with Crippen LogP contribution in [0.25, 0.3) is 0 Å². The number of sulfone groups is 1. The SMILES string of the molecule is CCCN(CC)CCNC(=O)C(N)CCS(C)(=O)=O. The van der Waals surface area contributed by atoms with Gasteiger partial charge in [0.2, 0.25) is 5.91 Å². The molecule has 0 spiro atoms. The summed E-state index contributed by atoms with van der Waals surface area (Å²) in [6.07, 6.45) is 2.38. The average Bonchev–Trinajstić information content (AvgIpc) is 2.33. The molecular formula is C12H27N3O3S. The summed E-state index contributed by atoms with van der Waals surface area (Å²) in [6, 6.07) is -0.754. The van der Waals surface area contributed by atoms with Crippen LogP contribution in [0.5, 0.6) is 0 Å². The lowest BCUT2D eigenvalue weighted by molar-refractivity contribution is -0.122. The summed E-state index contributed by atoms with van der Waals surface area (Å²) in [7, 11) is -3.07. The van der Waals surface area contributed by atoms with Crippen molar-refractivity contribution in [3.8, 4) is 0 Å². The van der Waals surface area contributed by atoms with E-state index in [1.165, 1.54) is 0 Å². The van der Waals surface area contributed by atoms with E-state index in [4.69, 9.17) is 5.73 Å². The molecule has 0 saturated carbocycles. The molecular weight excluding hydrogens is 266 g/mol. The number of nitrogens with two attached hydrogens (primary N) is 1. The first-order valence-corrected chi connectivity index (χ1v) is 8.79. The molecule has 0 heterocycles. The topological polar surface area (TPSA) is 92.5 Å². The predicted octanol–water partition coefficient (Wildman–Crippen LogP) is -0.403. The van der Waals surface area contributed by atoms with Crippen molar-refractivity contribution in [1.82, 2.24) is 10.2 Å². The quantitative estimate of drug-likeness (QED) is 0.571. The number of carbonyl (C=O) groups excluding carboxylic acids is 1. The summed E-state index contributed by atoms with van der Waals surface area (Å²) in [5.41, 5.74) is 5.64. The Morgan fingerprint density at radius 3 is 2.42 bits per heavy atom. The number of nitrogens with zero attached hydrogens (tertiary/aromatic N) is 1. The fourth-order valence-electron chi connectivity index (χ4n) is 1.68. The van der Waals surface area contributed by atoms with Gasteiger partial charge in [0, 0.05) is 19.3 Å². The highest BCUT2D eigenvalue weighted by molar-refractivity contribution is 7.90. The van der Waals surface area contributed by atoms with Crippen molar-refractivity contribution in [2.45, 2.75) is 32.7 Å². The van der Waals surface area contributed by atoms with Crippen LogP contribution in [0.3, 0.4) is 0 Å².